The van der Waals surface area contributed by atoms with E-state index in [4.69, 9.17) is 0 Å². The second kappa shape index (κ2) is 6.68. The Morgan fingerprint density at radius 3 is 2.70 bits per heavy atom. The summed E-state index contributed by atoms with van der Waals surface area (Å²) < 4.78 is 28.4. The highest BCUT2D eigenvalue weighted by Crippen LogP contribution is 2.36. The second-order valence-corrected chi connectivity index (χ2v) is 7.01. The molecule has 1 fully saturated rings. The monoisotopic (exact) mass is 371 g/mol. The predicted molar refractivity (Wildman–Crippen MR) is 97.3 cm³/mol. The predicted octanol–water partition coefficient (Wildman–Crippen LogP) is 3.79. The number of nitrogens with zero attached hydrogens (tertiary/aromatic N) is 4. The van der Waals surface area contributed by atoms with Crippen molar-refractivity contribution in [1.29, 1.82) is 0 Å². The van der Waals surface area contributed by atoms with Crippen molar-refractivity contribution in [3.05, 3.63) is 36.8 Å². The van der Waals surface area contributed by atoms with Gasteiger partial charge in [-0.1, -0.05) is 6.07 Å². The van der Waals surface area contributed by atoms with Gasteiger partial charge in [0.25, 0.3) is 0 Å². The van der Waals surface area contributed by atoms with E-state index in [9.17, 15) is 13.6 Å². The summed E-state index contributed by atoms with van der Waals surface area (Å²) in [6.07, 6.45) is 3.38. The van der Waals surface area contributed by atoms with E-state index in [-0.39, 0.29) is 31.6 Å². The number of anilines is 1. The zero-order valence-corrected chi connectivity index (χ0v) is 14.8. The minimum absolute atomic E-state index is 0.185. The summed E-state index contributed by atoms with van der Waals surface area (Å²) in [5.74, 6) is -3.02. The number of alkyl halides is 2. The van der Waals surface area contributed by atoms with Crippen LogP contribution in [0.3, 0.4) is 0 Å². The number of amides is 1. The van der Waals surface area contributed by atoms with E-state index in [2.05, 4.69) is 20.5 Å². The number of rotatable bonds is 3. The van der Waals surface area contributed by atoms with Crippen LogP contribution in [0.2, 0.25) is 0 Å². The molecular formula is C19H19F2N5O. The number of benzene rings is 1. The number of hydrogen-bond donors (Lipinski definition) is 1. The van der Waals surface area contributed by atoms with E-state index >= 15 is 0 Å². The third-order valence-electron chi connectivity index (χ3n) is 5.04. The Hall–Kier alpha value is -2.90. The van der Waals surface area contributed by atoms with Crippen LogP contribution in [0.4, 0.5) is 14.6 Å². The van der Waals surface area contributed by atoms with Crippen LogP contribution in [0.15, 0.2) is 36.8 Å². The first-order valence-corrected chi connectivity index (χ1v) is 8.84. The molecule has 1 N–H and O–H groups in total. The Labute approximate surface area is 154 Å². The zero-order chi connectivity index (χ0) is 19.0. The first-order chi connectivity index (χ1) is 12.9. The van der Waals surface area contributed by atoms with Crippen molar-refractivity contribution in [3.63, 3.8) is 0 Å². The molecule has 2 heterocycles. The molecule has 1 aromatic carbocycles. The molecule has 0 spiro atoms. The Kier molecular flexibility index (Phi) is 4.33. The van der Waals surface area contributed by atoms with E-state index in [0.29, 0.717) is 11.3 Å². The molecule has 1 saturated carbocycles. The second-order valence-electron chi connectivity index (χ2n) is 7.01. The molecule has 1 aliphatic rings. The Morgan fingerprint density at radius 2 is 2.00 bits per heavy atom. The number of carbonyl (C=O) groups excluding carboxylic acids is 1. The molecule has 2 aromatic heterocycles. The van der Waals surface area contributed by atoms with Gasteiger partial charge in [-0.15, -0.1) is 10.2 Å². The standard InChI is InChI=1S/C19H19F2N5O/c1-26-11-22-10-16(26)13-2-3-15-14(8-13)9-17(25-24-15)23-18(27)12-4-6-19(20,21)7-5-12/h2-3,8-12H,4-7H2,1H3,(H,23,25,27). The highest BCUT2D eigenvalue weighted by Gasteiger charge is 2.37. The maximum absolute atomic E-state index is 13.3. The molecular weight excluding hydrogens is 352 g/mol. The van der Waals surface area contributed by atoms with Gasteiger partial charge in [0.05, 0.1) is 23.7 Å². The normalized spacial score (nSPS) is 17.1. The van der Waals surface area contributed by atoms with E-state index in [1.807, 2.05) is 29.8 Å². The Bertz CT molecular complexity index is 991. The summed E-state index contributed by atoms with van der Waals surface area (Å²) in [6, 6.07) is 7.50. The molecule has 4 rings (SSSR count). The van der Waals surface area contributed by atoms with Crippen LogP contribution in [0.5, 0.6) is 0 Å². The number of halogens is 2. The maximum atomic E-state index is 13.3. The molecule has 1 amide bonds. The van der Waals surface area contributed by atoms with Crippen molar-refractivity contribution in [2.24, 2.45) is 13.0 Å². The van der Waals surface area contributed by atoms with Crippen molar-refractivity contribution >= 4 is 22.6 Å². The number of imidazole rings is 1. The lowest BCUT2D eigenvalue weighted by Crippen LogP contribution is -2.32. The molecule has 0 bridgehead atoms. The number of hydrogen-bond acceptors (Lipinski definition) is 4. The van der Waals surface area contributed by atoms with Crippen molar-refractivity contribution in [3.8, 4) is 11.3 Å². The van der Waals surface area contributed by atoms with Gasteiger partial charge in [0, 0.05) is 36.8 Å². The maximum Gasteiger partial charge on any atom is 0.248 e. The van der Waals surface area contributed by atoms with E-state index < -0.39 is 11.8 Å². The lowest BCUT2D eigenvalue weighted by atomic mass is 9.86. The van der Waals surface area contributed by atoms with Gasteiger partial charge in [-0.05, 0) is 31.0 Å². The van der Waals surface area contributed by atoms with Crippen molar-refractivity contribution in [2.75, 3.05) is 5.32 Å². The molecule has 0 unspecified atom stereocenters. The van der Waals surface area contributed by atoms with Crippen LogP contribution >= 0.6 is 0 Å². The van der Waals surface area contributed by atoms with Crippen LogP contribution in [0.1, 0.15) is 25.7 Å². The van der Waals surface area contributed by atoms with Crippen LogP contribution in [-0.2, 0) is 11.8 Å². The molecule has 27 heavy (non-hydrogen) atoms. The highest BCUT2D eigenvalue weighted by molar-refractivity contribution is 5.94. The SMILES string of the molecule is Cn1cncc1-c1ccc2nnc(NC(=O)C3CCC(F)(F)CC3)cc2c1. The van der Waals surface area contributed by atoms with Crippen molar-refractivity contribution in [2.45, 2.75) is 31.6 Å². The molecule has 0 aliphatic heterocycles. The third-order valence-corrected chi connectivity index (χ3v) is 5.04. The fourth-order valence-corrected chi connectivity index (χ4v) is 3.43. The molecule has 0 radical (unpaired) electrons. The van der Waals surface area contributed by atoms with Gasteiger partial charge in [0.15, 0.2) is 5.82 Å². The van der Waals surface area contributed by atoms with Gasteiger partial charge in [-0.25, -0.2) is 13.8 Å². The van der Waals surface area contributed by atoms with Gasteiger partial charge >= 0.3 is 0 Å². The average molecular weight is 371 g/mol. The topological polar surface area (TPSA) is 72.7 Å². The van der Waals surface area contributed by atoms with Gasteiger partial charge in [0.2, 0.25) is 11.8 Å². The first-order valence-electron chi connectivity index (χ1n) is 8.84. The summed E-state index contributed by atoms with van der Waals surface area (Å²) in [6.45, 7) is 0. The van der Waals surface area contributed by atoms with Crippen LogP contribution in [-0.4, -0.2) is 31.6 Å². The highest BCUT2D eigenvalue weighted by atomic mass is 19.3. The summed E-state index contributed by atoms with van der Waals surface area (Å²) in [5.41, 5.74) is 2.64. The number of aryl methyl sites for hydroxylation is 1. The molecule has 1 aliphatic carbocycles. The summed E-state index contributed by atoms with van der Waals surface area (Å²) in [7, 11) is 1.91. The van der Waals surface area contributed by atoms with E-state index in [1.165, 1.54) is 0 Å². The summed E-state index contributed by atoms with van der Waals surface area (Å²) in [4.78, 5) is 16.5. The third kappa shape index (κ3) is 3.65. The number of fused-ring (bicyclic) bond motifs is 1. The number of aromatic nitrogens is 4. The lowest BCUT2D eigenvalue weighted by Gasteiger charge is -2.27. The van der Waals surface area contributed by atoms with Crippen molar-refractivity contribution < 1.29 is 13.6 Å². The van der Waals surface area contributed by atoms with Crippen LogP contribution < -0.4 is 5.32 Å². The summed E-state index contributed by atoms with van der Waals surface area (Å²) >= 11 is 0. The zero-order valence-electron chi connectivity index (χ0n) is 14.8. The fraction of sp³-hybridized carbons (Fsp3) is 0.368. The van der Waals surface area contributed by atoms with E-state index in [0.717, 1.165) is 16.6 Å². The largest absolute Gasteiger partial charge is 0.334 e. The molecule has 8 heteroatoms. The summed E-state index contributed by atoms with van der Waals surface area (Å²) in [5, 5.41) is 11.7. The van der Waals surface area contributed by atoms with E-state index in [1.54, 1.807) is 18.6 Å². The lowest BCUT2D eigenvalue weighted by molar-refractivity contribution is -0.124. The average Bonchev–Trinajstić information content (AvgIpc) is 3.07. The molecule has 0 atom stereocenters. The van der Waals surface area contributed by atoms with Gasteiger partial charge < -0.3 is 9.88 Å². The fourth-order valence-electron chi connectivity index (χ4n) is 3.43. The quantitative estimate of drug-likeness (QED) is 0.760. The Morgan fingerprint density at radius 1 is 1.22 bits per heavy atom. The molecule has 0 saturated heterocycles. The van der Waals surface area contributed by atoms with Gasteiger partial charge in [-0.2, -0.15) is 0 Å². The minimum atomic E-state index is -2.65. The number of nitrogens with one attached hydrogen (secondary N) is 1. The van der Waals surface area contributed by atoms with Crippen molar-refractivity contribution in [1.82, 2.24) is 19.7 Å². The first kappa shape index (κ1) is 17.5. The minimum Gasteiger partial charge on any atom is -0.334 e. The Balaban J connectivity index is 1.54. The molecule has 3 aromatic rings. The van der Waals surface area contributed by atoms with Crippen LogP contribution in [0, 0.1) is 5.92 Å². The van der Waals surface area contributed by atoms with Gasteiger partial charge in [0.1, 0.15) is 0 Å². The molecule has 140 valence electrons. The van der Waals surface area contributed by atoms with Gasteiger partial charge in [-0.3, -0.25) is 4.79 Å². The smallest absolute Gasteiger partial charge is 0.248 e. The number of carbonyl (C=O) groups is 1. The van der Waals surface area contributed by atoms with Crippen LogP contribution in [0.25, 0.3) is 22.2 Å². The molecule has 6 nitrogen and oxygen atoms in total.